The Hall–Kier alpha value is -1.45. The molecular formula is C17H16ClNOS. The van der Waals surface area contributed by atoms with Gasteiger partial charge in [-0.15, -0.1) is 11.8 Å². The van der Waals surface area contributed by atoms with Crippen LogP contribution >= 0.6 is 23.4 Å². The van der Waals surface area contributed by atoms with Crippen molar-refractivity contribution in [1.29, 1.82) is 0 Å². The number of aryl methyl sites for hydroxylation is 1. The third-order valence-electron chi connectivity index (χ3n) is 3.58. The molecule has 3 rings (SSSR count). The van der Waals surface area contributed by atoms with Gasteiger partial charge < -0.3 is 4.90 Å². The van der Waals surface area contributed by atoms with Crippen molar-refractivity contribution in [3.63, 3.8) is 0 Å². The van der Waals surface area contributed by atoms with Crippen LogP contribution in [0.5, 0.6) is 0 Å². The molecule has 108 valence electrons. The van der Waals surface area contributed by atoms with Crippen LogP contribution in [0.15, 0.2) is 47.4 Å². The molecule has 2 aromatic rings. The van der Waals surface area contributed by atoms with E-state index >= 15 is 0 Å². The van der Waals surface area contributed by atoms with Crippen LogP contribution < -0.4 is 4.90 Å². The molecule has 21 heavy (non-hydrogen) atoms. The molecule has 1 amide bonds. The highest BCUT2D eigenvalue weighted by Gasteiger charge is 2.30. The summed E-state index contributed by atoms with van der Waals surface area (Å²) in [6, 6.07) is 13.9. The summed E-state index contributed by atoms with van der Waals surface area (Å²) in [7, 11) is 0. The summed E-state index contributed by atoms with van der Waals surface area (Å²) in [4.78, 5) is 15.6. The second-order valence-corrected chi connectivity index (χ2v) is 7.10. The van der Waals surface area contributed by atoms with Crippen molar-refractivity contribution in [3.8, 4) is 0 Å². The maximum atomic E-state index is 12.5. The highest BCUT2D eigenvalue weighted by Crippen LogP contribution is 2.40. The van der Waals surface area contributed by atoms with E-state index in [1.165, 1.54) is 4.90 Å². The first-order valence-electron chi connectivity index (χ1n) is 6.88. The van der Waals surface area contributed by atoms with Crippen LogP contribution in [0.3, 0.4) is 0 Å². The van der Waals surface area contributed by atoms with Crippen molar-refractivity contribution in [1.82, 2.24) is 0 Å². The molecule has 0 saturated carbocycles. The molecule has 4 heteroatoms. The SMILES string of the molecule is Cc1ccc2c(c1)N(Cc1ccc(Cl)cc1)C(=O)C(C)S2. The Balaban J connectivity index is 1.98. The van der Waals surface area contributed by atoms with Gasteiger partial charge in [-0.1, -0.05) is 29.8 Å². The molecule has 1 atom stereocenters. The topological polar surface area (TPSA) is 20.3 Å². The molecule has 0 aliphatic carbocycles. The standard InChI is InChI=1S/C17H16ClNOS/c1-11-3-8-16-15(9-11)19(17(20)12(2)21-16)10-13-4-6-14(18)7-5-13/h3-9,12H,10H2,1-2H3. The van der Waals surface area contributed by atoms with Gasteiger partial charge in [0, 0.05) is 9.92 Å². The number of anilines is 1. The monoisotopic (exact) mass is 317 g/mol. The number of fused-ring (bicyclic) bond motifs is 1. The smallest absolute Gasteiger partial charge is 0.240 e. The van der Waals surface area contributed by atoms with Gasteiger partial charge in [0.1, 0.15) is 0 Å². The predicted molar refractivity (Wildman–Crippen MR) is 89.1 cm³/mol. The fourth-order valence-electron chi connectivity index (χ4n) is 2.45. The summed E-state index contributed by atoms with van der Waals surface area (Å²) in [5.41, 5.74) is 3.26. The molecular weight excluding hydrogens is 302 g/mol. The minimum atomic E-state index is -0.0486. The van der Waals surface area contributed by atoms with E-state index in [4.69, 9.17) is 11.6 Å². The molecule has 0 aromatic heterocycles. The molecule has 0 bridgehead atoms. The van der Waals surface area contributed by atoms with Gasteiger partial charge in [0.2, 0.25) is 5.91 Å². The molecule has 1 unspecified atom stereocenters. The minimum Gasteiger partial charge on any atom is -0.306 e. The van der Waals surface area contributed by atoms with Crippen molar-refractivity contribution in [2.75, 3.05) is 4.90 Å². The molecule has 0 saturated heterocycles. The Bertz CT molecular complexity index is 684. The van der Waals surface area contributed by atoms with E-state index in [2.05, 4.69) is 18.2 Å². The van der Waals surface area contributed by atoms with Crippen molar-refractivity contribution in [3.05, 3.63) is 58.6 Å². The van der Waals surface area contributed by atoms with Gasteiger partial charge in [-0.2, -0.15) is 0 Å². The summed E-state index contributed by atoms with van der Waals surface area (Å²) in [6.45, 7) is 4.59. The zero-order valence-electron chi connectivity index (χ0n) is 12.0. The molecule has 2 nitrogen and oxygen atoms in total. The van der Waals surface area contributed by atoms with E-state index < -0.39 is 0 Å². The number of thioether (sulfide) groups is 1. The Morgan fingerprint density at radius 3 is 2.62 bits per heavy atom. The second kappa shape index (κ2) is 5.74. The third kappa shape index (κ3) is 2.94. The number of amides is 1. The Labute approximate surface area is 134 Å². The van der Waals surface area contributed by atoms with E-state index in [0.29, 0.717) is 11.6 Å². The summed E-state index contributed by atoms with van der Waals surface area (Å²) in [5.74, 6) is 0.160. The average Bonchev–Trinajstić information content (AvgIpc) is 2.47. The van der Waals surface area contributed by atoms with Gasteiger partial charge >= 0.3 is 0 Å². The molecule has 1 aliphatic rings. The van der Waals surface area contributed by atoms with Gasteiger partial charge in [-0.3, -0.25) is 4.79 Å². The van der Waals surface area contributed by atoms with E-state index in [9.17, 15) is 4.79 Å². The molecule has 0 radical (unpaired) electrons. The lowest BCUT2D eigenvalue weighted by Gasteiger charge is -2.32. The predicted octanol–water partition coefficient (Wildman–Crippen LogP) is 4.68. The summed E-state index contributed by atoms with van der Waals surface area (Å²) in [5, 5.41) is 0.663. The lowest BCUT2D eigenvalue weighted by molar-refractivity contribution is -0.118. The minimum absolute atomic E-state index is 0.0486. The fraction of sp³-hybridized carbons (Fsp3) is 0.235. The van der Waals surface area contributed by atoms with Gasteiger partial charge in [0.15, 0.2) is 0 Å². The van der Waals surface area contributed by atoms with E-state index in [1.807, 2.05) is 43.0 Å². The van der Waals surface area contributed by atoms with Gasteiger partial charge in [0.25, 0.3) is 0 Å². The number of hydrogen-bond donors (Lipinski definition) is 0. The second-order valence-electron chi connectivity index (χ2n) is 5.28. The molecule has 1 aliphatic heterocycles. The van der Waals surface area contributed by atoms with Crippen LogP contribution in [0.1, 0.15) is 18.1 Å². The fourth-order valence-corrected chi connectivity index (χ4v) is 3.62. The maximum Gasteiger partial charge on any atom is 0.240 e. The van der Waals surface area contributed by atoms with Crippen LogP contribution in [0.2, 0.25) is 5.02 Å². The van der Waals surface area contributed by atoms with E-state index in [0.717, 1.165) is 16.8 Å². The number of carbonyl (C=O) groups is 1. The van der Waals surface area contributed by atoms with Crippen LogP contribution in [0.4, 0.5) is 5.69 Å². The lowest BCUT2D eigenvalue weighted by atomic mass is 10.1. The number of benzene rings is 2. The Morgan fingerprint density at radius 2 is 1.90 bits per heavy atom. The van der Waals surface area contributed by atoms with Crippen LogP contribution in [-0.4, -0.2) is 11.2 Å². The number of carbonyl (C=O) groups excluding carboxylic acids is 1. The Morgan fingerprint density at radius 1 is 1.19 bits per heavy atom. The molecule has 0 N–H and O–H groups in total. The average molecular weight is 318 g/mol. The van der Waals surface area contributed by atoms with Gasteiger partial charge in [-0.05, 0) is 49.2 Å². The number of nitrogens with zero attached hydrogens (tertiary/aromatic N) is 1. The quantitative estimate of drug-likeness (QED) is 0.802. The summed E-state index contributed by atoms with van der Waals surface area (Å²) in [6.07, 6.45) is 0. The number of halogens is 1. The first-order valence-corrected chi connectivity index (χ1v) is 8.13. The van der Waals surface area contributed by atoms with Crippen LogP contribution in [0, 0.1) is 6.92 Å². The Kier molecular flexibility index (Phi) is 3.96. The summed E-state index contributed by atoms with van der Waals surface area (Å²) >= 11 is 7.56. The van der Waals surface area contributed by atoms with Gasteiger partial charge in [-0.25, -0.2) is 0 Å². The van der Waals surface area contributed by atoms with Crippen molar-refractivity contribution in [2.45, 2.75) is 30.5 Å². The molecule has 1 heterocycles. The third-order valence-corrected chi connectivity index (χ3v) is 4.98. The normalized spacial score (nSPS) is 17.8. The van der Waals surface area contributed by atoms with E-state index in [-0.39, 0.29) is 11.2 Å². The maximum absolute atomic E-state index is 12.5. The first kappa shape index (κ1) is 14.5. The lowest BCUT2D eigenvalue weighted by Crippen LogP contribution is -2.39. The number of rotatable bonds is 2. The van der Waals surface area contributed by atoms with Crippen molar-refractivity contribution < 1.29 is 4.79 Å². The van der Waals surface area contributed by atoms with Gasteiger partial charge in [0.05, 0.1) is 17.5 Å². The zero-order valence-corrected chi connectivity index (χ0v) is 13.5. The first-order chi connectivity index (χ1) is 10.0. The molecule has 0 fully saturated rings. The highest BCUT2D eigenvalue weighted by molar-refractivity contribution is 8.00. The van der Waals surface area contributed by atoms with Crippen molar-refractivity contribution >= 4 is 35.0 Å². The van der Waals surface area contributed by atoms with E-state index in [1.54, 1.807) is 11.8 Å². The number of hydrogen-bond acceptors (Lipinski definition) is 2. The largest absolute Gasteiger partial charge is 0.306 e. The molecule has 0 spiro atoms. The summed E-state index contributed by atoms with van der Waals surface area (Å²) < 4.78 is 0. The zero-order chi connectivity index (χ0) is 15.0. The highest BCUT2D eigenvalue weighted by atomic mass is 35.5. The van der Waals surface area contributed by atoms with Crippen LogP contribution in [0.25, 0.3) is 0 Å². The van der Waals surface area contributed by atoms with Crippen LogP contribution in [-0.2, 0) is 11.3 Å². The molecule has 2 aromatic carbocycles. The van der Waals surface area contributed by atoms with Crippen molar-refractivity contribution in [2.24, 2.45) is 0 Å².